The average molecular weight is 397 g/mol. The molecule has 1 aliphatic heterocycles. The molecule has 1 fully saturated rings. The van der Waals surface area contributed by atoms with Crippen LogP contribution in [-0.2, 0) is 4.79 Å². The fraction of sp³-hybridized carbons (Fsp3) is 0.381. The van der Waals surface area contributed by atoms with Crippen LogP contribution in [0, 0.1) is 17.0 Å². The highest BCUT2D eigenvalue weighted by Crippen LogP contribution is 2.25. The van der Waals surface area contributed by atoms with Crippen LogP contribution in [0.3, 0.4) is 0 Å². The van der Waals surface area contributed by atoms with Crippen molar-refractivity contribution in [3.63, 3.8) is 0 Å². The van der Waals surface area contributed by atoms with Crippen molar-refractivity contribution in [1.82, 2.24) is 4.90 Å². The number of nitro benzene ring substituents is 1. The summed E-state index contributed by atoms with van der Waals surface area (Å²) in [5.74, 6) is -0.136. The number of aryl methyl sites for hydroxylation is 1. The van der Waals surface area contributed by atoms with Gasteiger partial charge in [-0.3, -0.25) is 14.9 Å². The Morgan fingerprint density at radius 1 is 1.14 bits per heavy atom. The Labute approximate surface area is 170 Å². The molecule has 0 saturated carbocycles. The molecule has 0 aromatic heterocycles. The fourth-order valence-electron chi connectivity index (χ4n) is 3.45. The van der Waals surface area contributed by atoms with Crippen molar-refractivity contribution >= 4 is 28.7 Å². The Morgan fingerprint density at radius 2 is 1.86 bits per heavy atom. The van der Waals surface area contributed by atoms with Gasteiger partial charge in [-0.1, -0.05) is 12.1 Å². The number of nitro groups is 1. The Bertz CT molecular complexity index is 878. The van der Waals surface area contributed by atoms with E-state index in [2.05, 4.69) is 40.5 Å². The summed E-state index contributed by atoms with van der Waals surface area (Å²) in [5.41, 5.74) is 3.51. The van der Waals surface area contributed by atoms with Gasteiger partial charge in [-0.2, -0.15) is 0 Å². The summed E-state index contributed by atoms with van der Waals surface area (Å²) in [6.45, 7) is 6.46. The van der Waals surface area contributed by atoms with Crippen molar-refractivity contribution in [2.24, 2.45) is 0 Å². The number of likely N-dealkylation sites (N-methyl/N-ethyl adjacent to an activating group) is 1. The van der Waals surface area contributed by atoms with E-state index in [0.29, 0.717) is 12.2 Å². The summed E-state index contributed by atoms with van der Waals surface area (Å²) in [5, 5.41) is 16.9. The van der Waals surface area contributed by atoms with Crippen molar-refractivity contribution in [1.29, 1.82) is 0 Å². The molecule has 8 nitrogen and oxygen atoms in total. The van der Waals surface area contributed by atoms with E-state index < -0.39 is 4.92 Å². The molecule has 2 aromatic carbocycles. The number of nitrogens with zero attached hydrogens (tertiary/aromatic N) is 3. The minimum absolute atomic E-state index is 0.00280. The Kier molecular flexibility index (Phi) is 6.66. The molecule has 3 rings (SSSR count). The second kappa shape index (κ2) is 9.38. The summed E-state index contributed by atoms with van der Waals surface area (Å²) < 4.78 is 0. The van der Waals surface area contributed by atoms with Crippen LogP contribution < -0.4 is 15.5 Å². The Hall–Kier alpha value is -3.13. The lowest BCUT2D eigenvalue weighted by Gasteiger charge is -2.35. The van der Waals surface area contributed by atoms with Gasteiger partial charge in [-0.05, 0) is 43.8 Å². The summed E-state index contributed by atoms with van der Waals surface area (Å²) in [7, 11) is 2.13. The molecule has 0 atom stereocenters. The summed E-state index contributed by atoms with van der Waals surface area (Å²) in [6.07, 6.45) is 0.214. The predicted octanol–water partition coefficient (Wildman–Crippen LogP) is 3.10. The van der Waals surface area contributed by atoms with E-state index in [0.717, 1.165) is 37.4 Å². The number of anilines is 3. The van der Waals surface area contributed by atoms with Gasteiger partial charge >= 0.3 is 0 Å². The van der Waals surface area contributed by atoms with Gasteiger partial charge in [0.15, 0.2) is 0 Å². The molecular weight excluding hydrogens is 370 g/mol. The molecule has 1 amide bonds. The van der Waals surface area contributed by atoms with E-state index >= 15 is 0 Å². The first kappa shape index (κ1) is 20.6. The first-order valence-electron chi connectivity index (χ1n) is 9.75. The summed E-state index contributed by atoms with van der Waals surface area (Å²) >= 11 is 0. The first-order valence-corrected chi connectivity index (χ1v) is 9.75. The quantitative estimate of drug-likeness (QED) is 0.551. The van der Waals surface area contributed by atoms with Crippen molar-refractivity contribution in [2.75, 3.05) is 55.3 Å². The van der Waals surface area contributed by atoms with E-state index in [9.17, 15) is 14.9 Å². The van der Waals surface area contributed by atoms with Crippen molar-refractivity contribution in [3.05, 3.63) is 58.1 Å². The molecule has 8 heteroatoms. The monoisotopic (exact) mass is 397 g/mol. The minimum atomic E-state index is -0.437. The lowest BCUT2D eigenvalue weighted by Crippen LogP contribution is -2.44. The van der Waals surface area contributed by atoms with Crippen LogP contribution in [0.15, 0.2) is 42.5 Å². The van der Waals surface area contributed by atoms with Crippen molar-refractivity contribution in [3.8, 4) is 0 Å². The molecule has 2 aromatic rings. The van der Waals surface area contributed by atoms with Crippen LogP contribution in [0.25, 0.3) is 0 Å². The van der Waals surface area contributed by atoms with Crippen LogP contribution in [-0.4, -0.2) is 55.5 Å². The number of piperazine rings is 1. The maximum Gasteiger partial charge on any atom is 0.292 e. The molecule has 0 unspecified atom stereocenters. The molecule has 0 spiro atoms. The highest BCUT2D eigenvalue weighted by molar-refractivity contribution is 5.91. The lowest BCUT2D eigenvalue weighted by molar-refractivity contribution is -0.384. The van der Waals surface area contributed by atoms with Crippen molar-refractivity contribution < 1.29 is 9.72 Å². The number of amides is 1. The maximum atomic E-state index is 12.3. The second-order valence-corrected chi connectivity index (χ2v) is 7.29. The molecule has 1 aliphatic rings. The highest BCUT2D eigenvalue weighted by Gasteiger charge is 2.16. The van der Waals surface area contributed by atoms with E-state index in [1.807, 2.05) is 12.1 Å². The van der Waals surface area contributed by atoms with E-state index in [-0.39, 0.29) is 18.0 Å². The van der Waals surface area contributed by atoms with Gasteiger partial charge < -0.3 is 20.4 Å². The molecular formula is C21H27N5O3. The van der Waals surface area contributed by atoms with E-state index in [1.54, 1.807) is 18.2 Å². The molecule has 154 valence electrons. The standard InChI is InChI=1S/C21H27N5O3/c1-16-15-17(7-8-19(16)25-13-11-24(2)12-14-25)23-21(27)9-10-22-18-5-3-4-6-20(18)26(28)29/h3-8,15,22H,9-14H2,1-2H3,(H,23,27). The SMILES string of the molecule is Cc1cc(NC(=O)CCNc2ccccc2[N+](=O)[O-])ccc1N1CCN(C)CC1. The predicted molar refractivity (Wildman–Crippen MR) is 116 cm³/mol. The van der Waals surface area contributed by atoms with Gasteiger partial charge in [0.2, 0.25) is 5.91 Å². The fourth-order valence-corrected chi connectivity index (χ4v) is 3.45. The van der Waals surface area contributed by atoms with Crippen LogP contribution in [0.5, 0.6) is 0 Å². The summed E-state index contributed by atoms with van der Waals surface area (Å²) in [4.78, 5) is 27.5. The number of nitrogens with one attached hydrogen (secondary N) is 2. The van der Waals surface area contributed by atoms with Gasteiger partial charge in [-0.15, -0.1) is 0 Å². The van der Waals surface area contributed by atoms with Gasteiger partial charge in [0.25, 0.3) is 5.69 Å². The largest absolute Gasteiger partial charge is 0.379 e. The van der Waals surface area contributed by atoms with Crippen LogP contribution >= 0.6 is 0 Å². The topological polar surface area (TPSA) is 90.7 Å². The third-order valence-corrected chi connectivity index (χ3v) is 5.09. The van der Waals surface area contributed by atoms with Crippen LogP contribution in [0.4, 0.5) is 22.7 Å². The number of hydrogen-bond acceptors (Lipinski definition) is 6. The maximum absolute atomic E-state index is 12.3. The summed E-state index contributed by atoms with van der Waals surface area (Å²) in [6, 6.07) is 12.4. The third-order valence-electron chi connectivity index (χ3n) is 5.09. The molecule has 0 radical (unpaired) electrons. The van der Waals surface area contributed by atoms with Gasteiger partial charge in [-0.25, -0.2) is 0 Å². The zero-order valence-corrected chi connectivity index (χ0v) is 16.9. The number of para-hydroxylation sites is 2. The normalized spacial score (nSPS) is 14.5. The van der Waals surface area contributed by atoms with Crippen molar-refractivity contribution in [2.45, 2.75) is 13.3 Å². The zero-order valence-electron chi connectivity index (χ0n) is 16.9. The Balaban J connectivity index is 1.52. The zero-order chi connectivity index (χ0) is 20.8. The molecule has 1 saturated heterocycles. The van der Waals surface area contributed by atoms with Gasteiger partial charge in [0.1, 0.15) is 5.69 Å². The number of rotatable bonds is 7. The molecule has 1 heterocycles. The number of hydrogen-bond donors (Lipinski definition) is 2. The molecule has 2 N–H and O–H groups in total. The third kappa shape index (κ3) is 5.45. The minimum Gasteiger partial charge on any atom is -0.379 e. The molecule has 29 heavy (non-hydrogen) atoms. The molecule has 0 bridgehead atoms. The highest BCUT2D eigenvalue weighted by atomic mass is 16.6. The molecule has 0 aliphatic carbocycles. The van der Waals surface area contributed by atoms with Crippen LogP contribution in [0.2, 0.25) is 0 Å². The first-order chi connectivity index (χ1) is 13.9. The number of carbonyl (C=O) groups is 1. The van der Waals surface area contributed by atoms with Gasteiger partial charge in [0, 0.05) is 56.6 Å². The van der Waals surface area contributed by atoms with Crippen LogP contribution in [0.1, 0.15) is 12.0 Å². The lowest BCUT2D eigenvalue weighted by atomic mass is 10.1. The second-order valence-electron chi connectivity index (χ2n) is 7.29. The van der Waals surface area contributed by atoms with E-state index in [4.69, 9.17) is 0 Å². The number of benzene rings is 2. The number of carbonyl (C=O) groups excluding carboxylic acids is 1. The van der Waals surface area contributed by atoms with Gasteiger partial charge in [0.05, 0.1) is 4.92 Å². The Morgan fingerprint density at radius 3 is 2.55 bits per heavy atom. The smallest absolute Gasteiger partial charge is 0.292 e. The average Bonchev–Trinajstić information content (AvgIpc) is 2.69. The van der Waals surface area contributed by atoms with E-state index in [1.165, 1.54) is 11.8 Å².